The summed E-state index contributed by atoms with van der Waals surface area (Å²) in [6, 6.07) is -1.06. The summed E-state index contributed by atoms with van der Waals surface area (Å²) in [4.78, 5) is 24.3. The molecule has 1 saturated carbocycles. The van der Waals surface area contributed by atoms with Crippen molar-refractivity contribution in [2.75, 3.05) is 13.2 Å². The number of likely N-dealkylation sites (tertiary alicyclic amines) is 1. The number of aliphatic hydroxyl groups is 1. The number of carboxylic acid groups (broad SMARTS) is 1. The Hall–Kier alpha value is -1.10. The highest BCUT2D eigenvalue weighted by atomic mass is 16.4. The monoisotopic (exact) mass is 241 g/mol. The Kier molecular flexibility index (Phi) is 3.12. The van der Waals surface area contributed by atoms with E-state index in [-0.39, 0.29) is 11.3 Å². The number of hydrogen-bond donors (Lipinski definition) is 2. The minimum Gasteiger partial charge on any atom is -0.480 e. The Morgan fingerprint density at radius 1 is 1.53 bits per heavy atom. The van der Waals surface area contributed by atoms with Crippen LogP contribution in [0.3, 0.4) is 0 Å². The lowest BCUT2D eigenvalue weighted by Gasteiger charge is -2.53. The fraction of sp³-hybridized carbons (Fsp3) is 0.833. The van der Waals surface area contributed by atoms with Crippen LogP contribution in [0.25, 0.3) is 0 Å². The molecule has 0 aromatic heterocycles. The Labute approximate surface area is 100 Å². The van der Waals surface area contributed by atoms with Crippen LogP contribution < -0.4 is 0 Å². The molecule has 1 unspecified atom stereocenters. The lowest BCUT2D eigenvalue weighted by atomic mass is 9.65. The Bertz CT molecular complexity index is 333. The molecule has 0 bridgehead atoms. The molecular formula is C12H19NO4. The quantitative estimate of drug-likeness (QED) is 0.704. The predicted molar refractivity (Wildman–Crippen MR) is 60.3 cm³/mol. The summed E-state index contributed by atoms with van der Waals surface area (Å²) < 4.78 is 0. The van der Waals surface area contributed by atoms with Crippen molar-refractivity contribution >= 4 is 11.9 Å². The maximum atomic E-state index is 12.1. The van der Waals surface area contributed by atoms with E-state index in [0.29, 0.717) is 12.5 Å². The molecule has 2 fully saturated rings. The van der Waals surface area contributed by atoms with Gasteiger partial charge in [0.15, 0.2) is 6.04 Å². The first kappa shape index (κ1) is 12.4. The molecular weight excluding hydrogens is 222 g/mol. The largest absolute Gasteiger partial charge is 0.480 e. The minimum absolute atomic E-state index is 0.0779. The topological polar surface area (TPSA) is 77.8 Å². The highest BCUT2D eigenvalue weighted by molar-refractivity contribution is 5.92. The number of amides is 1. The fourth-order valence-corrected chi connectivity index (χ4v) is 2.93. The predicted octanol–water partition coefficient (Wildman–Crippen LogP) is 0.471. The Balaban J connectivity index is 2.01. The maximum absolute atomic E-state index is 12.1. The number of nitrogens with zero attached hydrogens (tertiary/aromatic N) is 1. The van der Waals surface area contributed by atoms with Crippen LogP contribution in [0.5, 0.6) is 0 Å². The molecule has 1 aliphatic heterocycles. The highest BCUT2D eigenvalue weighted by Gasteiger charge is 2.55. The number of carbonyl (C=O) groups is 2. The van der Waals surface area contributed by atoms with Crippen LogP contribution in [0.15, 0.2) is 0 Å². The van der Waals surface area contributed by atoms with Gasteiger partial charge in [0.05, 0.1) is 12.0 Å². The summed E-state index contributed by atoms with van der Waals surface area (Å²) >= 11 is 0. The van der Waals surface area contributed by atoms with Crippen LogP contribution >= 0.6 is 0 Å². The number of rotatable bonds is 3. The zero-order valence-corrected chi connectivity index (χ0v) is 10.1. The van der Waals surface area contributed by atoms with E-state index in [1.165, 1.54) is 4.90 Å². The molecule has 2 rings (SSSR count). The van der Waals surface area contributed by atoms with Gasteiger partial charge in [0, 0.05) is 6.54 Å². The molecule has 1 amide bonds. The molecule has 2 N–H and O–H groups in total. The maximum Gasteiger partial charge on any atom is 0.328 e. The lowest BCUT2D eigenvalue weighted by molar-refractivity contribution is -0.177. The van der Waals surface area contributed by atoms with Crippen molar-refractivity contribution in [2.45, 2.75) is 38.6 Å². The minimum atomic E-state index is -1.13. The number of aliphatic carboxylic acids is 1. The average molecular weight is 241 g/mol. The standard InChI is InChI=1S/C12H19NO4/c1-8-2-4-12(5-3-8)7-13(11(12)17)9(6-14)10(15)16/h8-9,14H,2-7H2,1H3,(H,15,16). The molecule has 96 valence electrons. The van der Waals surface area contributed by atoms with Gasteiger partial charge in [-0.25, -0.2) is 4.79 Å². The summed E-state index contributed by atoms with van der Waals surface area (Å²) in [6.07, 6.45) is 3.80. The summed E-state index contributed by atoms with van der Waals surface area (Å²) in [5.74, 6) is -0.540. The van der Waals surface area contributed by atoms with Crippen molar-refractivity contribution < 1.29 is 19.8 Å². The van der Waals surface area contributed by atoms with E-state index >= 15 is 0 Å². The van der Waals surface area contributed by atoms with Gasteiger partial charge in [0.2, 0.25) is 5.91 Å². The van der Waals surface area contributed by atoms with Crippen LogP contribution in [0.1, 0.15) is 32.6 Å². The van der Waals surface area contributed by atoms with Crippen LogP contribution in [0.4, 0.5) is 0 Å². The second kappa shape index (κ2) is 4.29. The van der Waals surface area contributed by atoms with Gasteiger partial charge in [0.25, 0.3) is 0 Å². The third-order valence-electron chi connectivity index (χ3n) is 4.25. The molecule has 5 nitrogen and oxygen atoms in total. The van der Waals surface area contributed by atoms with Gasteiger partial charge < -0.3 is 15.1 Å². The molecule has 1 atom stereocenters. The second-order valence-electron chi connectivity index (χ2n) is 5.43. The summed E-state index contributed by atoms with van der Waals surface area (Å²) in [5.41, 5.74) is -0.310. The van der Waals surface area contributed by atoms with E-state index in [2.05, 4.69) is 6.92 Å². The van der Waals surface area contributed by atoms with E-state index in [4.69, 9.17) is 10.2 Å². The van der Waals surface area contributed by atoms with Crippen LogP contribution in [-0.2, 0) is 9.59 Å². The fourth-order valence-electron chi connectivity index (χ4n) is 2.93. The molecule has 5 heteroatoms. The zero-order chi connectivity index (χ0) is 12.6. The number of carbonyl (C=O) groups excluding carboxylic acids is 1. The molecule has 1 saturated heterocycles. The molecule has 0 radical (unpaired) electrons. The first-order chi connectivity index (χ1) is 8.00. The van der Waals surface area contributed by atoms with Crippen LogP contribution in [0, 0.1) is 11.3 Å². The molecule has 17 heavy (non-hydrogen) atoms. The lowest BCUT2D eigenvalue weighted by Crippen LogP contribution is -2.67. The van der Waals surface area contributed by atoms with E-state index in [1.54, 1.807) is 0 Å². The van der Waals surface area contributed by atoms with Gasteiger partial charge in [-0.05, 0) is 31.6 Å². The number of carboxylic acids is 1. The van der Waals surface area contributed by atoms with Gasteiger partial charge in [-0.2, -0.15) is 0 Å². The zero-order valence-electron chi connectivity index (χ0n) is 10.1. The van der Waals surface area contributed by atoms with Crippen LogP contribution in [0.2, 0.25) is 0 Å². The van der Waals surface area contributed by atoms with E-state index < -0.39 is 18.6 Å². The van der Waals surface area contributed by atoms with Gasteiger partial charge in [-0.15, -0.1) is 0 Å². The first-order valence-electron chi connectivity index (χ1n) is 6.15. The first-order valence-corrected chi connectivity index (χ1v) is 6.15. The van der Waals surface area contributed by atoms with Crippen molar-refractivity contribution in [3.05, 3.63) is 0 Å². The third kappa shape index (κ3) is 1.92. The molecule has 1 aliphatic carbocycles. The second-order valence-corrected chi connectivity index (χ2v) is 5.43. The van der Waals surface area contributed by atoms with Crippen molar-refractivity contribution in [1.29, 1.82) is 0 Å². The molecule has 1 heterocycles. The molecule has 2 aliphatic rings. The van der Waals surface area contributed by atoms with Gasteiger partial charge in [-0.3, -0.25) is 4.79 Å². The smallest absolute Gasteiger partial charge is 0.328 e. The third-order valence-corrected chi connectivity index (χ3v) is 4.25. The van der Waals surface area contributed by atoms with Gasteiger partial charge >= 0.3 is 5.97 Å². The van der Waals surface area contributed by atoms with Crippen molar-refractivity contribution in [3.63, 3.8) is 0 Å². The van der Waals surface area contributed by atoms with Gasteiger partial charge in [-0.1, -0.05) is 6.92 Å². The Morgan fingerprint density at radius 3 is 2.53 bits per heavy atom. The average Bonchev–Trinajstić information content (AvgIpc) is 2.30. The van der Waals surface area contributed by atoms with Gasteiger partial charge in [0.1, 0.15) is 0 Å². The molecule has 0 aromatic carbocycles. The highest BCUT2D eigenvalue weighted by Crippen LogP contribution is 2.47. The number of aliphatic hydroxyl groups excluding tert-OH is 1. The summed E-state index contributed by atoms with van der Waals surface area (Å²) in [7, 11) is 0. The van der Waals surface area contributed by atoms with E-state index in [1.807, 2.05) is 0 Å². The van der Waals surface area contributed by atoms with Crippen LogP contribution in [-0.4, -0.2) is 46.2 Å². The summed E-state index contributed by atoms with van der Waals surface area (Å²) in [6.45, 7) is 2.17. The number of hydrogen-bond acceptors (Lipinski definition) is 3. The summed E-state index contributed by atoms with van der Waals surface area (Å²) in [5, 5.41) is 17.9. The van der Waals surface area contributed by atoms with Crippen molar-refractivity contribution in [1.82, 2.24) is 4.90 Å². The Morgan fingerprint density at radius 2 is 2.12 bits per heavy atom. The molecule has 0 aromatic rings. The normalized spacial score (nSPS) is 34.6. The van der Waals surface area contributed by atoms with Crippen molar-refractivity contribution in [3.8, 4) is 0 Å². The molecule has 1 spiro atoms. The van der Waals surface area contributed by atoms with E-state index in [9.17, 15) is 9.59 Å². The van der Waals surface area contributed by atoms with E-state index in [0.717, 1.165) is 25.7 Å². The SMILES string of the molecule is CC1CCC2(CC1)CN(C(CO)C(=O)O)C2=O. The van der Waals surface area contributed by atoms with Crippen molar-refractivity contribution in [2.24, 2.45) is 11.3 Å². The number of β-lactam (4-membered cyclic amide) rings is 1.